The summed E-state index contributed by atoms with van der Waals surface area (Å²) in [6.45, 7) is 3.82. The molecule has 0 aromatic heterocycles. The van der Waals surface area contributed by atoms with Gasteiger partial charge in [0.1, 0.15) is 17.2 Å². The third-order valence-electron chi connectivity index (χ3n) is 2.20. The number of methoxy groups -OCH3 is 1. The van der Waals surface area contributed by atoms with E-state index in [0.717, 1.165) is 22.8 Å². The summed E-state index contributed by atoms with van der Waals surface area (Å²) in [5.74, 6) is 2.34. The molecule has 0 fully saturated rings. The SMILES string of the molecule is [CH2]c1ccc(Oc2cccc(OC)c2)cc1. The molecule has 2 aromatic rings. The number of hydrogen-bond acceptors (Lipinski definition) is 2. The van der Waals surface area contributed by atoms with E-state index in [9.17, 15) is 0 Å². The molecule has 0 heterocycles. The fourth-order valence-electron chi connectivity index (χ4n) is 1.36. The van der Waals surface area contributed by atoms with Crippen LogP contribution in [0.2, 0.25) is 0 Å². The van der Waals surface area contributed by atoms with E-state index in [1.807, 2.05) is 48.5 Å². The monoisotopic (exact) mass is 213 g/mol. The predicted octanol–water partition coefficient (Wildman–Crippen LogP) is 3.67. The largest absolute Gasteiger partial charge is 0.497 e. The van der Waals surface area contributed by atoms with Crippen LogP contribution in [-0.2, 0) is 0 Å². The lowest BCUT2D eigenvalue weighted by atomic mass is 10.2. The van der Waals surface area contributed by atoms with Crippen LogP contribution >= 0.6 is 0 Å². The Hall–Kier alpha value is -1.96. The van der Waals surface area contributed by atoms with Gasteiger partial charge in [-0.15, -0.1) is 0 Å². The molecule has 0 amide bonds. The summed E-state index contributed by atoms with van der Waals surface area (Å²) >= 11 is 0. The fraction of sp³-hybridized carbons (Fsp3) is 0.0714. The summed E-state index contributed by atoms with van der Waals surface area (Å²) < 4.78 is 10.8. The van der Waals surface area contributed by atoms with Gasteiger partial charge in [0, 0.05) is 6.07 Å². The lowest BCUT2D eigenvalue weighted by Crippen LogP contribution is -1.86. The zero-order valence-corrected chi connectivity index (χ0v) is 9.14. The quantitative estimate of drug-likeness (QED) is 0.774. The van der Waals surface area contributed by atoms with Gasteiger partial charge in [-0.3, -0.25) is 0 Å². The molecular weight excluding hydrogens is 200 g/mol. The van der Waals surface area contributed by atoms with Crippen LogP contribution in [0.5, 0.6) is 17.2 Å². The van der Waals surface area contributed by atoms with Crippen molar-refractivity contribution in [2.24, 2.45) is 0 Å². The average molecular weight is 213 g/mol. The van der Waals surface area contributed by atoms with Crippen molar-refractivity contribution in [1.82, 2.24) is 0 Å². The third-order valence-corrected chi connectivity index (χ3v) is 2.20. The molecule has 81 valence electrons. The van der Waals surface area contributed by atoms with E-state index in [-0.39, 0.29) is 0 Å². The molecule has 0 spiro atoms. The second-order valence-electron chi connectivity index (χ2n) is 3.42. The summed E-state index contributed by atoms with van der Waals surface area (Å²) in [4.78, 5) is 0. The first kappa shape index (κ1) is 10.6. The van der Waals surface area contributed by atoms with Crippen molar-refractivity contribution < 1.29 is 9.47 Å². The lowest BCUT2D eigenvalue weighted by molar-refractivity contribution is 0.409. The highest BCUT2D eigenvalue weighted by molar-refractivity contribution is 5.37. The minimum atomic E-state index is 0.760. The molecular formula is C14H13O2. The predicted molar refractivity (Wildman–Crippen MR) is 64.0 cm³/mol. The van der Waals surface area contributed by atoms with Crippen molar-refractivity contribution in [3.63, 3.8) is 0 Å². The molecule has 0 aliphatic heterocycles. The van der Waals surface area contributed by atoms with E-state index >= 15 is 0 Å². The molecule has 0 N–H and O–H groups in total. The van der Waals surface area contributed by atoms with Crippen LogP contribution in [0.3, 0.4) is 0 Å². The highest BCUT2D eigenvalue weighted by Crippen LogP contribution is 2.25. The molecule has 0 saturated heterocycles. The van der Waals surface area contributed by atoms with Crippen molar-refractivity contribution in [2.45, 2.75) is 0 Å². The molecule has 2 rings (SSSR count). The topological polar surface area (TPSA) is 18.5 Å². The van der Waals surface area contributed by atoms with Gasteiger partial charge in [-0.05, 0) is 36.8 Å². The van der Waals surface area contributed by atoms with Crippen LogP contribution in [0.25, 0.3) is 0 Å². The van der Waals surface area contributed by atoms with E-state index in [1.165, 1.54) is 0 Å². The minimum absolute atomic E-state index is 0.760. The Balaban J connectivity index is 2.16. The highest BCUT2D eigenvalue weighted by atomic mass is 16.5. The molecule has 2 heteroatoms. The van der Waals surface area contributed by atoms with Crippen LogP contribution in [0.15, 0.2) is 48.5 Å². The van der Waals surface area contributed by atoms with E-state index in [2.05, 4.69) is 6.92 Å². The number of rotatable bonds is 3. The molecule has 2 nitrogen and oxygen atoms in total. The number of hydrogen-bond donors (Lipinski definition) is 0. The molecule has 0 aliphatic rings. The summed E-state index contributed by atoms with van der Waals surface area (Å²) in [6, 6.07) is 15.1. The number of ether oxygens (including phenoxy) is 2. The van der Waals surface area contributed by atoms with Gasteiger partial charge in [-0.1, -0.05) is 18.2 Å². The van der Waals surface area contributed by atoms with Gasteiger partial charge >= 0.3 is 0 Å². The van der Waals surface area contributed by atoms with Crippen LogP contribution in [0, 0.1) is 6.92 Å². The van der Waals surface area contributed by atoms with Crippen molar-refractivity contribution in [2.75, 3.05) is 7.11 Å². The molecule has 0 saturated carbocycles. The highest BCUT2D eigenvalue weighted by Gasteiger charge is 1.98. The van der Waals surface area contributed by atoms with Crippen LogP contribution in [0.1, 0.15) is 5.56 Å². The molecule has 0 atom stereocenters. The molecule has 0 bridgehead atoms. The molecule has 16 heavy (non-hydrogen) atoms. The molecule has 0 aliphatic carbocycles. The number of benzene rings is 2. The first-order valence-corrected chi connectivity index (χ1v) is 5.02. The molecule has 2 aromatic carbocycles. The maximum Gasteiger partial charge on any atom is 0.131 e. The second kappa shape index (κ2) is 4.71. The normalized spacial score (nSPS) is 9.88. The van der Waals surface area contributed by atoms with Gasteiger partial charge in [0.05, 0.1) is 7.11 Å². The molecule has 0 unspecified atom stereocenters. The van der Waals surface area contributed by atoms with Gasteiger partial charge in [-0.25, -0.2) is 0 Å². The van der Waals surface area contributed by atoms with Crippen molar-refractivity contribution >= 4 is 0 Å². The van der Waals surface area contributed by atoms with Crippen molar-refractivity contribution in [1.29, 1.82) is 0 Å². The zero-order chi connectivity index (χ0) is 11.4. The lowest BCUT2D eigenvalue weighted by Gasteiger charge is -2.07. The Kier molecular flexibility index (Phi) is 3.10. The Morgan fingerprint density at radius 1 is 0.875 bits per heavy atom. The maximum atomic E-state index is 5.67. The third kappa shape index (κ3) is 2.54. The summed E-state index contributed by atoms with van der Waals surface area (Å²) in [5.41, 5.74) is 0.970. The smallest absolute Gasteiger partial charge is 0.131 e. The standard InChI is InChI=1S/C14H13O2/c1-11-6-8-12(9-7-11)16-14-5-3-4-13(10-14)15-2/h3-10H,1H2,2H3. The minimum Gasteiger partial charge on any atom is -0.497 e. The summed E-state index contributed by atoms with van der Waals surface area (Å²) in [5, 5.41) is 0. The van der Waals surface area contributed by atoms with Crippen molar-refractivity contribution in [3.8, 4) is 17.2 Å². The summed E-state index contributed by atoms with van der Waals surface area (Å²) in [6.07, 6.45) is 0. The maximum absolute atomic E-state index is 5.67. The van der Waals surface area contributed by atoms with Crippen molar-refractivity contribution in [3.05, 3.63) is 61.0 Å². The Labute approximate surface area is 95.4 Å². The second-order valence-corrected chi connectivity index (χ2v) is 3.42. The zero-order valence-electron chi connectivity index (χ0n) is 9.14. The van der Waals surface area contributed by atoms with Crippen LogP contribution < -0.4 is 9.47 Å². The van der Waals surface area contributed by atoms with E-state index < -0.39 is 0 Å². The first-order chi connectivity index (χ1) is 7.78. The fourth-order valence-corrected chi connectivity index (χ4v) is 1.36. The average Bonchev–Trinajstić information content (AvgIpc) is 2.32. The van der Waals surface area contributed by atoms with Crippen LogP contribution in [-0.4, -0.2) is 7.11 Å². The van der Waals surface area contributed by atoms with Gasteiger partial charge in [0.15, 0.2) is 0 Å². The summed E-state index contributed by atoms with van der Waals surface area (Å²) in [7, 11) is 1.64. The van der Waals surface area contributed by atoms with E-state index in [1.54, 1.807) is 7.11 Å². The van der Waals surface area contributed by atoms with E-state index in [4.69, 9.17) is 9.47 Å². The Morgan fingerprint density at radius 3 is 2.25 bits per heavy atom. The van der Waals surface area contributed by atoms with Gasteiger partial charge in [-0.2, -0.15) is 0 Å². The van der Waals surface area contributed by atoms with Gasteiger partial charge < -0.3 is 9.47 Å². The molecule has 1 radical (unpaired) electrons. The Morgan fingerprint density at radius 2 is 1.56 bits per heavy atom. The Bertz CT molecular complexity index is 460. The first-order valence-electron chi connectivity index (χ1n) is 5.02. The van der Waals surface area contributed by atoms with Gasteiger partial charge in [0.25, 0.3) is 0 Å². The van der Waals surface area contributed by atoms with E-state index in [0.29, 0.717) is 0 Å². The van der Waals surface area contributed by atoms with Crippen LogP contribution in [0.4, 0.5) is 0 Å². The van der Waals surface area contributed by atoms with Gasteiger partial charge in [0.2, 0.25) is 0 Å².